The summed E-state index contributed by atoms with van der Waals surface area (Å²) in [5.74, 6) is 0.122. The Morgan fingerprint density at radius 2 is 2.30 bits per heavy atom. The number of carbonyl (C=O) groups excluding carboxylic acids is 2. The monoisotopic (exact) mass is 137 g/mol. The molecule has 1 saturated heterocycles. The second-order valence-electron chi connectivity index (χ2n) is 1.85. The van der Waals surface area contributed by atoms with Gasteiger partial charge in [0.1, 0.15) is 0 Å². The van der Waals surface area contributed by atoms with Crippen LogP contribution >= 0.6 is 0 Å². The zero-order chi connectivity index (χ0) is 6.69. The number of ketones is 1. The normalized spacial score (nSPS) is 18.2. The quantitative estimate of drug-likeness (QED) is 0.350. The van der Waals surface area contributed by atoms with Crippen molar-refractivity contribution >= 4 is 31.1 Å². The predicted octanol–water partition coefficient (Wildman–Crippen LogP) is -1.30. The Morgan fingerprint density at radius 3 is 2.70 bits per heavy atom. The molecule has 0 bridgehead atoms. The Balaban J connectivity index is 0.000000810. The SMILES string of the molecule is O=CON1CCC(=O)C1.[LiH]. The van der Waals surface area contributed by atoms with Crippen molar-refractivity contribution in [3.8, 4) is 0 Å². The summed E-state index contributed by atoms with van der Waals surface area (Å²) in [6, 6.07) is 0. The van der Waals surface area contributed by atoms with Gasteiger partial charge in [-0.05, 0) is 0 Å². The van der Waals surface area contributed by atoms with E-state index >= 15 is 0 Å². The zero-order valence-corrected chi connectivity index (χ0v) is 4.87. The third-order valence-electron chi connectivity index (χ3n) is 1.18. The first-order valence-electron chi connectivity index (χ1n) is 2.70. The molecule has 0 radical (unpaired) electrons. The van der Waals surface area contributed by atoms with Crippen LogP contribution in [0.4, 0.5) is 0 Å². The average Bonchev–Trinajstić information content (AvgIpc) is 2.17. The number of hydrogen-bond donors (Lipinski definition) is 0. The molecule has 1 aliphatic rings. The molecule has 4 nitrogen and oxygen atoms in total. The first kappa shape index (κ1) is 9.70. The molecule has 0 N–H and O–H groups in total. The molecule has 0 saturated carbocycles. The molecule has 0 aromatic rings. The van der Waals surface area contributed by atoms with Gasteiger partial charge >= 0.3 is 25.3 Å². The van der Waals surface area contributed by atoms with Gasteiger partial charge in [0.05, 0.1) is 6.54 Å². The van der Waals surface area contributed by atoms with E-state index in [1.165, 1.54) is 5.06 Å². The average molecular weight is 137 g/mol. The maximum absolute atomic E-state index is 10.5. The molecule has 1 heterocycles. The van der Waals surface area contributed by atoms with Crippen molar-refractivity contribution in [3.05, 3.63) is 0 Å². The van der Waals surface area contributed by atoms with Crippen molar-refractivity contribution in [2.24, 2.45) is 0 Å². The van der Waals surface area contributed by atoms with E-state index in [1.54, 1.807) is 0 Å². The van der Waals surface area contributed by atoms with Crippen molar-refractivity contribution in [2.45, 2.75) is 6.42 Å². The molecule has 0 aromatic carbocycles. The van der Waals surface area contributed by atoms with Crippen LogP contribution in [-0.2, 0) is 14.4 Å². The van der Waals surface area contributed by atoms with Gasteiger partial charge in [0.25, 0.3) is 0 Å². The number of rotatable bonds is 2. The van der Waals surface area contributed by atoms with E-state index in [0.717, 1.165) is 0 Å². The molecule has 0 spiro atoms. The summed E-state index contributed by atoms with van der Waals surface area (Å²) < 4.78 is 0. The molecular weight excluding hydrogens is 129 g/mol. The first-order chi connectivity index (χ1) is 4.33. The molecule has 1 aliphatic heterocycles. The Kier molecular flexibility index (Phi) is 4.37. The second-order valence-corrected chi connectivity index (χ2v) is 1.85. The molecule has 0 atom stereocenters. The summed E-state index contributed by atoms with van der Waals surface area (Å²) in [4.78, 5) is 24.6. The summed E-state index contributed by atoms with van der Waals surface area (Å²) in [5, 5.41) is 1.34. The minimum absolute atomic E-state index is 0. The number of hydroxylamine groups is 2. The van der Waals surface area contributed by atoms with E-state index in [-0.39, 0.29) is 31.2 Å². The van der Waals surface area contributed by atoms with Gasteiger partial charge in [-0.1, -0.05) is 0 Å². The van der Waals surface area contributed by atoms with E-state index in [2.05, 4.69) is 4.84 Å². The predicted molar refractivity (Wildman–Crippen MR) is 35.5 cm³/mol. The molecule has 10 heavy (non-hydrogen) atoms. The Morgan fingerprint density at radius 1 is 1.60 bits per heavy atom. The third-order valence-corrected chi connectivity index (χ3v) is 1.18. The molecule has 1 rings (SSSR count). The van der Waals surface area contributed by atoms with Crippen LogP contribution in [0.1, 0.15) is 6.42 Å². The van der Waals surface area contributed by atoms with Crippen LogP contribution in [0.2, 0.25) is 0 Å². The van der Waals surface area contributed by atoms with Gasteiger partial charge in [0, 0.05) is 13.0 Å². The van der Waals surface area contributed by atoms with E-state index < -0.39 is 0 Å². The molecule has 0 amide bonds. The van der Waals surface area contributed by atoms with Crippen LogP contribution < -0.4 is 0 Å². The number of carbonyl (C=O) groups is 2. The zero-order valence-electron chi connectivity index (χ0n) is 4.87. The van der Waals surface area contributed by atoms with Crippen molar-refractivity contribution < 1.29 is 14.4 Å². The number of Topliss-reactive ketones (excluding diaryl/α,β-unsaturated/α-hetero) is 1. The summed E-state index contributed by atoms with van der Waals surface area (Å²) in [6.45, 7) is 1.12. The molecule has 5 heteroatoms. The van der Waals surface area contributed by atoms with E-state index in [1.807, 2.05) is 0 Å². The van der Waals surface area contributed by atoms with Crippen LogP contribution in [0.5, 0.6) is 0 Å². The van der Waals surface area contributed by atoms with E-state index in [4.69, 9.17) is 0 Å². The fourth-order valence-electron chi connectivity index (χ4n) is 0.755. The Labute approximate surface area is 70.6 Å². The second kappa shape index (κ2) is 4.50. The molecule has 0 aliphatic carbocycles. The van der Waals surface area contributed by atoms with Crippen LogP contribution in [0.3, 0.4) is 0 Å². The third kappa shape index (κ3) is 2.52. The topological polar surface area (TPSA) is 46.6 Å². The van der Waals surface area contributed by atoms with Gasteiger partial charge in [0.15, 0.2) is 5.78 Å². The fourth-order valence-corrected chi connectivity index (χ4v) is 0.755. The van der Waals surface area contributed by atoms with Gasteiger partial charge in [0.2, 0.25) is 0 Å². The van der Waals surface area contributed by atoms with Gasteiger partial charge in [-0.25, -0.2) is 0 Å². The van der Waals surface area contributed by atoms with Gasteiger partial charge in [-0.2, -0.15) is 0 Å². The van der Waals surface area contributed by atoms with Crippen molar-refractivity contribution in [2.75, 3.05) is 13.1 Å². The molecule has 52 valence electrons. The molecule has 1 fully saturated rings. The standard InChI is InChI=1S/C5H7NO3.Li.H/c7-4-9-6-2-1-5(8)3-6;;/h4H,1-3H2;;. The Hall–Kier alpha value is -0.303. The van der Waals surface area contributed by atoms with Gasteiger partial charge < -0.3 is 4.84 Å². The van der Waals surface area contributed by atoms with Gasteiger partial charge in [-0.15, -0.1) is 5.06 Å². The first-order valence-corrected chi connectivity index (χ1v) is 2.70. The Bertz CT molecular complexity index is 139. The number of nitrogens with zero attached hydrogens (tertiary/aromatic N) is 1. The molecule has 0 unspecified atom stereocenters. The van der Waals surface area contributed by atoms with Crippen molar-refractivity contribution in [1.29, 1.82) is 0 Å². The minimum atomic E-state index is 0. The molecular formula is C5H8LiNO3. The molecule has 0 aromatic heterocycles. The van der Waals surface area contributed by atoms with Crippen LogP contribution in [0.25, 0.3) is 0 Å². The fraction of sp³-hybridized carbons (Fsp3) is 0.600. The maximum atomic E-state index is 10.5. The van der Waals surface area contributed by atoms with Crippen LogP contribution in [-0.4, -0.2) is 49.3 Å². The van der Waals surface area contributed by atoms with E-state index in [0.29, 0.717) is 19.4 Å². The van der Waals surface area contributed by atoms with Gasteiger partial charge in [-0.3, -0.25) is 9.59 Å². The summed E-state index contributed by atoms with van der Waals surface area (Å²) in [5.41, 5.74) is 0. The summed E-state index contributed by atoms with van der Waals surface area (Å²) in [6.07, 6.45) is 0.494. The van der Waals surface area contributed by atoms with Crippen LogP contribution in [0, 0.1) is 0 Å². The van der Waals surface area contributed by atoms with Crippen molar-refractivity contribution in [1.82, 2.24) is 5.06 Å². The summed E-state index contributed by atoms with van der Waals surface area (Å²) >= 11 is 0. The van der Waals surface area contributed by atoms with Crippen molar-refractivity contribution in [3.63, 3.8) is 0 Å². The summed E-state index contributed by atoms with van der Waals surface area (Å²) in [7, 11) is 0. The number of hydrogen-bond acceptors (Lipinski definition) is 4. The van der Waals surface area contributed by atoms with Crippen LogP contribution in [0.15, 0.2) is 0 Å². The van der Waals surface area contributed by atoms with E-state index in [9.17, 15) is 9.59 Å².